The summed E-state index contributed by atoms with van der Waals surface area (Å²) >= 11 is 0. The largest absolute Gasteiger partial charge is 0.293 e. The van der Waals surface area contributed by atoms with Gasteiger partial charge in [0.2, 0.25) is 0 Å². The Morgan fingerprint density at radius 2 is 1.76 bits per heavy atom. The number of carbonyl (C=O) groups is 1. The lowest BCUT2D eigenvalue weighted by Gasteiger charge is -2.23. The Hall–Kier alpha value is -1.74. The van der Waals surface area contributed by atoms with Gasteiger partial charge in [-0.2, -0.15) is 0 Å². The highest BCUT2D eigenvalue weighted by molar-refractivity contribution is 7.86. The predicted molar refractivity (Wildman–Crippen MR) is 88.1 cm³/mol. The third kappa shape index (κ3) is 2.70. The first-order chi connectivity index (χ1) is 10.1. The molecule has 1 heterocycles. The molecule has 1 aliphatic rings. The molecule has 0 aromatic heterocycles. The molecule has 108 valence electrons. The van der Waals surface area contributed by atoms with Crippen LogP contribution in [0.4, 0.5) is 0 Å². The fraction of sp³-hybridized carbons (Fsp3) is 0.278. The summed E-state index contributed by atoms with van der Waals surface area (Å²) in [5, 5.41) is 1.77. The van der Waals surface area contributed by atoms with E-state index in [2.05, 4.69) is 0 Å². The van der Waals surface area contributed by atoms with Crippen molar-refractivity contribution in [2.75, 3.05) is 5.75 Å². The molecule has 0 bridgehead atoms. The lowest BCUT2D eigenvalue weighted by molar-refractivity contribution is 0.0987. The number of carbonyl (C=O) groups excluding carboxylic acids is 1. The van der Waals surface area contributed by atoms with Crippen LogP contribution in [-0.2, 0) is 10.8 Å². The molecule has 0 saturated carbocycles. The summed E-state index contributed by atoms with van der Waals surface area (Å²) in [5.74, 6) is 0.529. The number of benzene rings is 2. The molecule has 0 spiro atoms. The second kappa shape index (κ2) is 5.57. The van der Waals surface area contributed by atoms with E-state index < -0.39 is 16.0 Å². The van der Waals surface area contributed by atoms with Gasteiger partial charge in [0.05, 0.1) is 0 Å². The summed E-state index contributed by atoms with van der Waals surface area (Å²) in [6, 6.07) is 13.7. The van der Waals surface area contributed by atoms with Crippen LogP contribution >= 0.6 is 0 Å². The first kappa shape index (κ1) is 14.2. The lowest BCUT2D eigenvalue weighted by Crippen LogP contribution is -2.31. The Morgan fingerprint density at radius 3 is 2.52 bits per heavy atom. The molecule has 0 fully saturated rings. The van der Waals surface area contributed by atoms with Gasteiger partial charge in [-0.15, -0.1) is 0 Å². The van der Waals surface area contributed by atoms with Gasteiger partial charge in [0.15, 0.2) is 5.78 Å². The zero-order valence-electron chi connectivity index (χ0n) is 12.3. The fourth-order valence-corrected chi connectivity index (χ4v) is 4.41. The van der Waals surface area contributed by atoms with Crippen molar-refractivity contribution in [2.24, 2.45) is 0 Å². The fourth-order valence-electron chi connectivity index (χ4n) is 2.72. The van der Waals surface area contributed by atoms with Crippen LogP contribution in [0.25, 0.3) is 10.8 Å². The molecular weight excluding hydrogens is 280 g/mol. The van der Waals surface area contributed by atoms with E-state index >= 15 is 0 Å². The summed E-state index contributed by atoms with van der Waals surface area (Å²) < 4.78 is 12.3. The van der Waals surface area contributed by atoms with Gasteiger partial charge in [0, 0.05) is 22.1 Å². The zero-order valence-corrected chi connectivity index (χ0v) is 13.1. The molecule has 0 N–H and O–H groups in total. The lowest BCUT2D eigenvalue weighted by atomic mass is 9.98. The van der Waals surface area contributed by atoms with Crippen LogP contribution in [-0.4, -0.2) is 21.0 Å². The number of ketones is 1. The van der Waals surface area contributed by atoms with Crippen LogP contribution < -0.4 is 0 Å². The molecule has 2 atom stereocenters. The smallest absolute Gasteiger partial charge is 0.178 e. The minimum Gasteiger partial charge on any atom is -0.293 e. The van der Waals surface area contributed by atoms with Crippen LogP contribution in [0.5, 0.6) is 0 Å². The molecular formula is C18H18O2S. The highest BCUT2D eigenvalue weighted by Gasteiger charge is 2.30. The second-order valence-electron chi connectivity index (χ2n) is 5.70. The van der Waals surface area contributed by atoms with E-state index in [9.17, 15) is 9.00 Å². The Labute approximate surface area is 127 Å². The average molecular weight is 298 g/mol. The van der Waals surface area contributed by atoms with Crippen molar-refractivity contribution in [1.29, 1.82) is 0 Å². The summed E-state index contributed by atoms with van der Waals surface area (Å²) in [6.07, 6.45) is 0.615. The topological polar surface area (TPSA) is 34.1 Å². The van der Waals surface area contributed by atoms with E-state index in [1.807, 2.05) is 56.3 Å². The highest BCUT2D eigenvalue weighted by atomic mass is 32.2. The number of fused-ring (bicyclic) bond motifs is 1. The van der Waals surface area contributed by atoms with Crippen LogP contribution in [0.15, 0.2) is 53.6 Å². The van der Waals surface area contributed by atoms with E-state index in [4.69, 9.17) is 0 Å². The maximum atomic E-state index is 12.7. The number of rotatable bonds is 2. The maximum absolute atomic E-state index is 12.7. The van der Waals surface area contributed by atoms with Gasteiger partial charge in [-0.3, -0.25) is 9.00 Å². The molecule has 0 amide bonds. The Kier molecular flexibility index (Phi) is 3.77. The Bertz CT molecular complexity index is 774. The molecule has 2 aromatic carbocycles. The van der Waals surface area contributed by atoms with Gasteiger partial charge in [0.1, 0.15) is 5.25 Å². The first-order valence-electron chi connectivity index (χ1n) is 7.11. The van der Waals surface area contributed by atoms with E-state index in [-0.39, 0.29) is 5.78 Å². The number of hydrogen-bond donors (Lipinski definition) is 0. The molecule has 3 heteroatoms. The summed E-state index contributed by atoms with van der Waals surface area (Å²) in [5.41, 5.74) is 3.03. The van der Waals surface area contributed by atoms with Crippen LogP contribution in [0.3, 0.4) is 0 Å². The van der Waals surface area contributed by atoms with Gasteiger partial charge < -0.3 is 0 Å². The SMILES string of the molecule is CC1=C(C)CS(=O)C(C(=O)c2ccc3ccccc3c2)C1. The monoisotopic (exact) mass is 298 g/mol. The van der Waals surface area contributed by atoms with Gasteiger partial charge in [-0.05, 0) is 37.1 Å². The number of allylic oxidation sites excluding steroid dienone is 1. The molecule has 2 aromatic rings. The molecule has 0 saturated heterocycles. The van der Waals surface area contributed by atoms with E-state index in [0.29, 0.717) is 17.7 Å². The van der Waals surface area contributed by atoms with Crippen molar-refractivity contribution in [3.8, 4) is 0 Å². The van der Waals surface area contributed by atoms with Crippen LogP contribution in [0.2, 0.25) is 0 Å². The zero-order chi connectivity index (χ0) is 15.0. The highest BCUT2D eigenvalue weighted by Crippen LogP contribution is 2.26. The molecule has 1 aliphatic heterocycles. The second-order valence-corrected chi connectivity index (χ2v) is 7.32. The molecule has 0 radical (unpaired) electrons. The van der Waals surface area contributed by atoms with E-state index in [0.717, 1.165) is 16.3 Å². The maximum Gasteiger partial charge on any atom is 0.178 e. The molecule has 3 rings (SSSR count). The molecule has 2 unspecified atom stereocenters. The van der Waals surface area contributed by atoms with E-state index in [1.54, 1.807) is 0 Å². The quantitative estimate of drug-likeness (QED) is 0.623. The molecule has 0 aliphatic carbocycles. The Morgan fingerprint density at radius 1 is 1.05 bits per heavy atom. The van der Waals surface area contributed by atoms with Gasteiger partial charge in [0.25, 0.3) is 0 Å². The summed E-state index contributed by atoms with van der Waals surface area (Å²) in [7, 11) is -1.10. The Balaban J connectivity index is 1.95. The molecule has 21 heavy (non-hydrogen) atoms. The van der Waals surface area contributed by atoms with Gasteiger partial charge in [-0.1, -0.05) is 47.5 Å². The minimum atomic E-state index is -1.10. The van der Waals surface area contributed by atoms with Crippen molar-refractivity contribution < 1.29 is 9.00 Å². The average Bonchev–Trinajstić information content (AvgIpc) is 2.50. The van der Waals surface area contributed by atoms with Crippen LogP contribution in [0, 0.1) is 0 Å². The molecule has 2 nitrogen and oxygen atoms in total. The third-order valence-electron chi connectivity index (χ3n) is 4.22. The minimum absolute atomic E-state index is 0.00550. The first-order valence-corrected chi connectivity index (χ1v) is 8.50. The number of hydrogen-bond acceptors (Lipinski definition) is 2. The summed E-state index contributed by atoms with van der Waals surface area (Å²) in [4.78, 5) is 12.7. The van der Waals surface area contributed by atoms with Crippen molar-refractivity contribution in [2.45, 2.75) is 25.5 Å². The summed E-state index contributed by atoms with van der Waals surface area (Å²) in [6.45, 7) is 4.04. The van der Waals surface area contributed by atoms with Gasteiger partial charge in [-0.25, -0.2) is 0 Å². The van der Waals surface area contributed by atoms with Crippen molar-refractivity contribution in [3.63, 3.8) is 0 Å². The van der Waals surface area contributed by atoms with Crippen molar-refractivity contribution >= 4 is 27.4 Å². The van der Waals surface area contributed by atoms with Gasteiger partial charge >= 0.3 is 0 Å². The van der Waals surface area contributed by atoms with Crippen molar-refractivity contribution in [3.05, 3.63) is 59.2 Å². The van der Waals surface area contributed by atoms with Crippen LogP contribution in [0.1, 0.15) is 30.6 Å². The number of Topliss-reactive ketones (excluding diaryl/α,β-unsaturated/α-hetero) is 1. The van der Waals surface area contributed by atoms with Crippen molar-refractivity contribution in [1.82, 2.24) is 0 Å². The predicted octanol–water partition coefficient (Wildman–Crippen LogP) is 3.88. The van der Waals surface area contributed by atoms with E-state index in [1.165, 1.54) is 5.57 Å². The third-order valence-corrected chi connectivity index (χ3v) is 5.96. The standard InChI is InChI=1S/C18H18O2S/c1-12-9-17(21(20)11-13(12)2)18(19)16-8-7-14-5-3-4-6-15(14)10-16/h3-8,10,17H,9,11H2,1-2H3. The normalized spacial score (nSPS) is 22.6.